The molecule has 19 heteroatoms. The molecule has 0 aliphatic rings. The van der Waals surface area contributed by atoms with Crippen LogP contribution in [-0.4, -0.2) is 50.8 Å². The molecule has 0 radical (unpaired) electrons. The van der Waals surface area contributed by atoms with Crippen molar-refractivity contribution in [2.75, 3.05) is 16.8 Å². The Morgan fingerprint density at radius 2 is 0.960 bits per heavy atom. The predicted molar refractivity (Wildman–Crippen MR) is 283 cm³/mol. The molecular formula is C56H43ClF2N12O4. The van der Waals surface area contributed by atoms with Crippen LogP contribution in [0, 0.1) is 11.6 Å². The molecule has 0 aliphatic carbocycles. The lowest BCUT2D eigenvalue weighted by molar-refractivity contribution is -0.114. The molecule has 1 amide bonds. The largest absolute Gasteiger partial charge is 0.471 e. The van der Waals surface area contributed by atoms with E-state index in [1.807, 2.05) is 91.0 Å². The van der Waals surface area contributed by atoms with Crippen LogP contribution in [0.5, 0.6) is 17.6 Å². The van der Waals surface area contributed by atoms with E-state index in [2.05, 4.69) is 50.2 Å². The summed E-state index contributed by atoms with van der Waals surface area (Å²) in [7, 11) is 0. The summed E-state index contributed by atoms with van der Waals surface area (Å²) < 4.78 is 45.0. The van der Waals surface area contributed by atoms with E-state index in [4.69, 9.17) is 37.3 Å². The van der Waals surface area contributed by atoms with Crippen molar-refractivity contribution in [3.63, 3.8) is 0 Å². The zero-order chi connectivity index (χ0) is 52.1. The highest BCUT2D eigenvalue weighted by Gasteiger charge is 2.16. The lowest BCUT2D eigenvalue weighted by Gasteiger charge is -2.10. The van der Waals surface area contributed by atoms with Gasteiger partial charge in [-0.15, -0.1) is 0 Å². The molecule has 5 N–H and O–H groups in total. The van der Waals surface area contributed by atoms with Gasteiger partial charge in [0.1, 0.15) is 36.6 Å². The summed E-state index contributed by atoms with van der Waals surface area (Å²) in [4.78, 5) is 49.7. The number of aromatic nitrogens is 9. The molecule has 372 valence electrons. The summed E-state index contributed by atoms with van der Waals surface area (Å²) in [5.74, 6) is 0.287. The summed E-state index contributed by atoms with van der Waals surface area (Å²) >= 11 is 5.94. The Morgan fingerprint density at radius 1 is 0.493 bits per heavy atom. The van der Waals surface area contributed by atoms with Crippen LogP contribution < -0.4 is 31.0 Å². The number of nitrogens with one attached hydrogen (secondary N) is 1. The number of halogens is 3. The van der Waals surface area contributed by atoms with Crippen LogP contribution in [0.15, 0.2) is 176 Å². The maximum atomic E-state index is 14.1. The van der Waals surface area contributed by atoms with Crippen LogP contribution in [0.1, 0.15) is 23.6 Å². The third kappa shape index (κ3) is 13.2. The van der Waals surface area contributed by atoms with Gasteiger partial charge in [0.2, 0.25) is 41.4 Å². The summed E-state index contributed by atoms with van der Waals surface area (Å²) in [6.07, 6.45) is 0. The third-order valence-corrected chi connectivity index (χ3v) is 11.0. The molecule has 6 heterocycles. The summed E-state index contributed by atoms with van der Waals surface area (Å²) in [5.41, 5.74) is 19.7. The fourth-order valence-corrected chi connectivity index (χ4v) is 7.44. The number of anilines is 3. The first-order valence-electron chi connectivity index (χ1n) is 23.0. The van der Waals surface area contributed by atoms with Gasteiger partial charge in [-0.25, -0.2) is 38.7 Å². The predicted octanol–water partition coefficient (Wildman–Crippen LogP) is 11.2. The van der Waals surface area contributed by atoms with E-state index in [1.165, 1.54) is 25.1 Å². The number of carbonyl (C=O) groups is 1. The van der Waals surface area contributed by atoms with Gasteiger partial charge in [0, 0.05) is 18.1 Å². The maximum Gasteiger partial charge on any atom is 0.245 e. The molecule has 0 atom stereocenters. The second-order valence-corrected chi connectivity index (χ2v) is 16.6. The number of ether oxygens (including phenoxy) is 3. The molecule has 0 saturated heterocycles. The van der Waals surface area contributed by atoms with Gasteiger partial charge in [0.25, 0.3) is 0 Å². The highest BCUT2D eigenvalue weighted by atomic mass is 35.5. The van der Waals surface area contributed by atoms with Crippen molar-refractivity contribution in [3.8, 4) is 40.2 Å². The van der Waals surface area contributed by atoms with Crippen molar-refractivity contribution in [1.82, 2.24) is 44.9 Å². The highest BCUT2D eigenvalue weighted by Crippen LogP contribution is 2.30. The SMILES string of the molecule is CC(=O)Nc1nc(OCc2ccccc2)c2nc(Cl)ccc2n1.Nc1nc(OCc2ccccc2)c2nc(-c3cccc(F)c3)ccc2n1.Nc1nc(OCc2ccccc2)c2nc(-c3ccccc3F)ccc2n1. The third-order valence-electron chi connectivity index (χ3n) is 10.7. The zero-order valence-corrected chi connectivity index (χ0v) is 40.6. The van der Waals surface area contributed by atoms with Crippen LogP contribution in [-0.2, 0) is 24.6 Å². The minimum atomic E-state index is -0.345. The van der Waals surface area contributed by atoms with Gasteiger partial charge >= 0.3 is 0 Å². The van der Waals surface area contributed by atoms with E-state index >= 15 is 0 Å². The first kappa shape index (κ1) is 50.1. The molecule has 11 rings (SSSR count). The number of fused-ring (bicyclic) bond motifs is 3. The van der Waals surface area contributed by atoms with Crippen LogP contribution in [0.3, 0.4) is 0 Å². The lowest BCUT2D eigenvalue weighted by Crippen LogP contribution is -2.11. The van der Waals surface area contributed by atoms with Crippen molar-refractivity contribution < 1.29 is 27.8 Å². The van der Waals surface area contributed by atoms with E-state index in [-0.39, 0.29) is 47.1 Å². The Balaban J connectivity index is 0.000000138. The number of rotatable bonds is 12. The molecular weight excluding hydrogens is 978 g/mol. The Labute approximate surface area is 432 Å². The van der Waals surface area contributed by atoms with Crippen LogP contribution in [0.2, 0.25) is 5.15 Å². The first-order chi connectivity index (χ1) is 36.5. The minimum absolute atomic E-state index is 0.0982. The highest BCUT2D eigenvalue weighted by molar-refractivity contribution is 6.29. The number of hydrogen-bond acceptors (Lipinski definition) is 15. The number of nitrogen functional groups attached to an aromatic ring is 2. The number of nitrogens with two attached hydrogens (primary N) is 2. The van der Waals surface area contributed by atoms with Crippen LogP contribution in [0.4, 0.5) is 26.6 Å². The quantitative estimate of drug-likeness (QED) is 0.0968. The normalized spacial score (nSPS) is 10.7. The van der Waals surface area contributed by atoms with Crippen molar-refractivity contribution in [3.05, 3.63) is 209 Å². The number of pyridine rings is 3. The molecule has 5 aromatic carbocycles. The van der Waals surface area contributed by atoms with E-state index in [0.29, 0.717) is 86.5 Å². The molecule has 0 aliphatic heterocycles. The van der Waals surface area contributed by atoms with E-state index in [0.717, 1.165) is 16.7 Å². The Hall–Kier alpha value is -9.81. The molecule has 16 nitrogen and oxygen atoms in total. The topological polar surface area (TPSA) is 225 Å². The second-order valence-electron chi connectivity index (χ2n) is 16.3. The number of hydrogen-bond donors (Lipinski definition) is 3. The van der Waals surface area contributed by atoms with Gasteiger partial charge in [-0.1, -0.05) is 127 Å². The number of carbonyl (C=O) groups excluding carboxylic acids is 1. The lowest BCUT2D eigenvalue weighted by atomic mass is 10.1. The Morgan fingerprint density at radius 3 is 1.49 bits per heavy atom. The van der Waals surface area contributed by atoms with Gasteiger partial charge in [-0.05, 0) is 77.4 Å². The standard InChI is InChI=1S/2C20H15FN4O.C16H13ClN4O2/c21-15-9-5-4-8-14(15)16-10-11-17-18(23-16)19(25-20(22)24-17)26-12-13-6-2-1-3-7-13;21-15-8-4-7-14(11-15)16-9-10-17-18(23-16)19(25-20(22)24-17)26-12-13-5-2-1-3-6-13;1-10(22)18-16-19-12-7-8-13(17)20-14(12)15(21-16)23-9-11-5-3-2-4-6-11/h2*1-11H,12H2,(H2,22,24,25);2-8H,9H2,1H3,(H,18,19,21,22). The fraction of sp³-hybridized carbons (Fsp3) is 0.0714. The average Bonchev–Trinajstić information content (AvgIpc) is 3.42. The fourth-order valence-electron chi connectivity index (χ4n) is 7.29. The number of benzene rings is 5. The number of nitrogens with zero attached hydrogens (tertiary/aromatic N) is 9. The summed E-state index contributed by atoms with van der Waals surface area (Å²) in [6.45, 7) is 2.36. The zero-order valence-electron chi connectivity index (χ0n) is 39.8. The molecule has 11 aromatic rings. The van der Waals surface area contributed by atoms with Gasteiger partial charge < -0.3 is 25.7 Å². The second kappa shape index (κ2) is 23.6. The molecule has 0 unspecified atom stereocenters. The molecule has 0 spiro atoms. The summed E-state index contributed by atoms with van der Waals surface area (Å²) in [6, 6.07) is 52.1. The molecule has 0 saturated carbocycles. The van der Waals surface area contributed by atoms with Crippen molar-refractivity contribution >= 4 is 68.5 Å². The summed E-state index contributed by atoms with van der Waals surface area (Å²) in [5, 5.41) is 2.87. The molecule has 0 fully saturated rings. The monoisotopic (exact) mass is 1020 g/mol. The van der Waals surface area contributed by atoms with Gasteiger partial charge in [-0.2, -0.15) is 15.0 Å². The first-order valence-corrected chi connectivity index (χ1v) is 23.4. The van der Waals surface area contributed by atoms with Crippen molar-refractivity contribution in [1.29, 1.82) is 0 Å². The Kier molecular flexibility index (Phi) is 15.8. The van der Waals surface area contributed by atoms with Crippen LogP contribution in [0.25, 0.3) is 55.6 Å². The van der Waals surface area contributed by atoms with Gasteiger partial charge in [0.05, 0.1) is 27.9 Å². The smallest absolute Gasteiger partial charge is 0.245 e. The van der Waals surface area contributed by atoms with E-state index in [1.54, 1.807) is 66.7 Å². The molecule has 75 heavy (non-hydrogen) atoms. The van der Waals surface area contributed by atoms with Crippen LogP contribution >= 0.6 is 11.6 Å². The van der Waals surface area contributed by atoms with Gasteiger partial charge in [-0.3, -0.25) is 10.1 Å². The number of amides is 1. The van der Waals surface area contributed by atoms with Gasteiger partial charge in [0.15, 0.2) is 16.6 Å². The molecule has 6 aromatic heterocycles. The molecule has 0 bridgehead atoms. The maximum absolute atomic E-state index is 14.1. The minimum Gasteiger partial charge on any atom is -0.471 e. The Bertz CT molecular complexity index is 3780. The van der Waals surface area contributed by atoms with E-state index in [9.17, 15) is 13.6 Å². The van der Waals surface area contributed by atoms with Crippen molar-refractivity contribution in [2.24, 2.45) is 0 Å². The van der Waals surface area contributed by atoms with Crippen molar-refractivity contribution in [2.45, 2.75) is 26.7 Å². The van der Waals surface area contributed by atoms with E-state index < -0.39 is 0 Å². The average molecular weight is 1020 g/mol.